The number of nitrogens with zero attached hydrogens (tertiary/aromatic N) is 2. The summed E-state index contributed by atoms with van der Waals surface area (Å²) in [5.41, 5.74) is 3.80. The third kappa shape index (κ3) is 3.01. The molecule has 0 fully saturated rings. The third-order valence-electron chi connectivity index (χ3n) is 4.26. The highest BCUT2D eigenvalue weighted by Crippen LogP contribution is 2.28. The van der Waals surface area contributed by atoms with Crippen molar-refractivity contribution in [3.05, 3.63) is 64.4 Å². The van der Waals surface area contributed by atoms with Crippen LogP contribution < -0.4 is 5.32 Å². The maximum atomic E-state index is 12.5. The van der Waals surface area contributed by atoms with Crippen LogP contribution >= 0.6 is 11.3 Å². The fourth-order valence-electron chi connectivity index (χ4n) is 2.82. The summed E-state index contributed by atoms with van der Waals surface area (Å²) in [6.45, 7) is 5.75. The number of hydrogen-bond donors (Lipinski definition) is 1. The van der Waals surface area contributed by atoms with Crippen LogP contribution in [0.25, 0.3) is 10.2 Å². The Kier molecular flexibility index (Phi) is 4.08. The number of aryl methyl sites for hydroxylation is 3. The second kappa shape index (κ2) is 6.42. The van der Waals surface area contributed by atoms with Gasteiger partial charge in [-0.3, -0.25) is 10.1 Å². The monoisotopic (exact) mass is 367 g/mol. The van der Waals surface area contributed by atoms with Crippen molar-refractivity contribution in [2.45, 2.75) is 27.2 Å². The summed E-state index contributed by atoms with van der Waals surface area (Å²) in [4.78, 5) is 16.9. The van der Waals surface area contributed by atoms with E-state index < -0.39 is 0 Å². The van der Waals surface area contributed by atoms with E-state index in [0.29, 0.717) is 17.3 Å². The molecule has 0 radical (unpaired) electrons. The van der Waals surface area contributed by atoms with Crippen LogP contribution in [-0.4, -0.2) is 16.0 Å². The van der Waals surface area contributed by atoms with E-state index in [-0.39, 0.29) is 11.7 Å². The number of para-hydroxylation sites is 1. The standard InChI is InChI=1S/C19H17N3O3S/c1-10-5-4-6-16-17(10)20-19(26-16)21-18(23)15-8-7-13(24-15)9-14-11(2)22-25-12(14)3/h4-8H,9H2,1-3H3,(H,20,21,23). The molecule has 3 heterocycles. The van der Waals surface area contributed by atoms with Crippen LogP contribution in [0.5, 0.6) is 0 Å². The Morgan fingerprint density at radius 2 is 2.04 bits per heavy atom. The van der Waals surface area contributed by atoms with E-state index in [0.717, 1.165) is 32.8 Å². The van der Waals surface area contributed by atoms with Gasteiger partial charge in [-0.25, -0.2) is 4.98 Å². The Bertz CT molecular complexity index is 1090. The largest absolute Gasteiger partial charge is 0.456 e. The summed E-state index contributed by atoms with van der Waals surface area (Å²) in [5.74, 6) is 1.38. The van der Waals surface area contributed by atoms with Crippen LogP contribution in [0.1, 0.15) is 38.9 Å². The quantitative estimate of drug-likeness (QED) is 0.568. The van der Waals surface area contributed by atoms with E-state index >= 15 is 0 Å². The maximum Gasteiger partial charge on any atom is 0.293 e. The highest BCUT2D eigenvalue weighted by molar-refractivity contribution is 7.22. The molecule has 0 unspecified atom stereocenters. The molecule has 4 rings (SSSR count). The number of carbonyl (C=O) groups is 1. The second-order valence-electron chi connectivity index (χ2n) is 6.14. The van der Waals surface area contributed by atoms with Gasteiger partial charge in [0.15, 0.2) is 10.9 Å². The van der Waals surface area contributed by atoms with Gasteiger partial charge in [-0.1, -0.05) is 28.6 Å². The summed E-state index contributed by atoms with van der Waals surface area (Å²) in [6.07, 6.45) is 0.536. The van der Waals surface area contributed by atoms with E-state index in [1.165, 1.54) is 11.3 Å². The molecule has 7 heteroatoms. The summed E-state index contributed by atoms with van der Waals surface area (Å²) < 4.78 is 11.9. The second-order valence-corrected chi connectivity index (χ2v) is 7.17. The Labute approximate surface area is 153 Å². The molecule has 1 N–H and O–H groups in total. The van der Waals surface area contributed by atoms with Crippen LogP contribution in [0.2, 0.25) is 0 Å². The normalized spacial score (nSPS) is 11.2. The molecule has 1 amide bonds. The number of amides is 1. The number of anilines is 1. The summed E-state index contributed by atoms with van der Waals surface area (Å²) in [5, 5.41) is 7.31. The van der Waals surface area contributed by atoms with E-state index in [4.69, 9.17) is 8.94 Å². The van der Waals surface area contributed by atoms with Gasteiger partial charge >= 0.3 is 0 Å². The van der Waals surface area contributed by atoms with Gasteiger partial charge in [-0.05, 0) is 44.5 Å². The van der Waals surface area contributed by atoms with Crippen molar-refractivity contribution < 1.29 is 13.7 Å². The Morgan fingerprint density at radius 3 is 2.77 bits per heavy atom. The van der Waals surface area contributed by atoms with E-state index in [1.54, 1.807) is 12.1 Å². The smallest absolute Gasteiger partial charge is 0.293 e. The van der Waals surface area contributed by atoms with Crippen molar-refractivity contribution in [3.8, 4) is 0 Å². The van der Waals surface area contributed by atoms with Crippen LogP contribution in [0.15, 0.2) is 39.3 Å². The Hall–Kier alpha value is -2.93. The number of hydrogen-bond acceptors (Lipinski definition) is 6. The van der Waals surface area contributed by atoms with Gasteiger partial charge in [0.1, 0.15) is 11.5 Å². The number of thiazole rings is 1. The number of aromatic nitrogens is 2. The summed E-state index contributed by atoms with van der Waals surface area (Å²) in [7, 11) is 0. The number of rotatable bonds is 4. The van der Waals surface area contributed by atoms with Gasteiger partial charge in [0.2, 0.25) is 0 Å². The summed E-state index contributed by atoms with van der Waals surface area (Å²) in [6, 6.07) is 9.44. The molecule has 4 aromatic rings. The van der Waals surface area contributed by atoms with Gasteiger partial charge in [-0.2, -0.15) is 0 Å². The van der Waals surface area contributed by atoms with E-state index in [2.05, 4.69) is 15.5 Å². The zero-order valence-electron chi connectivity index (χ0n) is 14.6. The average molecular weight is 367 g/mol. The SMILES string of the molecule is Cc1noc(C)c1Cc1ccc(C(=O)Nc2nc3c(C)cccc3s2)o1. The maximum absolute atomic E-state index is 12.5. The zero-order valence-corrected chi connectivity index (χ0v) is 15.4. The predicted octanol–water partition coefficient (Wildman–Crippen LogP) is 4.65. The molecular weight excluding hydrogens is 350 g/mol. The molecule has 26 heavy (non-hydrogen) atoms. The molecule has 0 saturated heterocycles. The van der Waals surface area contributed by atoms with Gasteiger partial charge < -0.3 is 8.94 Å². The fourth-order valence-corrected chi connectivity index (χ4v) is 3.76. The first kappa shape index (κ1) is 16.5. The minimum absolute atomic E-state index is 0.253. The van der Waals surface area contributed by atoms with Crippen molar-refractivity contribution >= 4 is 32.6 Å². The molecular formula is C19H17N3O3S. The Morgan fingerprint density at radius 1 is 1.19 bits per heavy atom. The number of benzene rings is 1. The predicted molar refractivity (Wildman–Crippen MR) is 99.8 cm³/mol. The van der Waals surface area contributed by atoms with Crippen molar-refractivity contribution in [1.29, 1.82) is 0 Å². The average Bonchev–Trinajstić information content (AvgIpc) is 3.31. The van der Waals surface area contributed by atoms with Crippen molar-refractivity contribution in [1.82, 2.24) is 10.1 Å². The minimum atomic E-state index is -0.313. The lowest BCUT2D eigenvalue weighted by molar-refractivity contribution is 0.0995. The molecule has 0 spiro atoms. The number of fused-ring (bicyclic) bond motifs is 1. The molecule has 1 aromatic carbocycles. The lowest BCUT2D eigenvalue weighted by Gasteiger charge is -1.99. The molecule has 0 aliphatic carbocycles. The first-order valence-corrected chi connectivity index (χ1v) is 9.01. The molecule has 132 valence electrons. The topological polar surface area (TPSA) is 81.2 Å². The molecule has 0 aliphatic rings. The van der Waals surface area contributed by atoms with Gasteiger partial charge in [0.25, 0.3) is 5.91 Å². The highest BCUT2D eigenvalue weighted by atomic mass is 32.1. The molecule has 3 aromatic heterocycles. The lowest BCUT2D eigenvalue weighted by Crippen LogP contribution is -2.10. The van der Waals surface area contributed by atoms with Gasteiger partial charge in [0.05, 0.1) is 15.9 Å². The molecule has 0 aliphatic heterocycles. The van der Waals surface area contributed by atoms with Gasteiger partial charge in [0, 0.05) is 12.0 Å². The van der Waals surface area contributed by atoms with E-state index in [9.17, 15) is 4.79 Å². The van der Waals surface area contributed by atoms with E-state index in [1.807, 2.05) is 39.0 Å². The molecule has 6 nitrogen and oxygen atoms in total. The van der Waals surface area contributed by atoms with Crippen molar-refractivity contribution in [2.24, 2.45) is 0 Å². The molecule has 0 atom stereocenters. The zero-order chi connectivity index (χ0) is 18.3. The third-order valence-corrected chi connectivity index (χ3v) is 5.19. The number of carbonyl (C=O) groups excluding carboxylic acids is 1. The van der Waals surface area contributed by atoms with Crippen molar-refractivity contribution in [3.63, 3.8) is 0 Å². The van der Waals surface area contributed by atoms with Crippen LogP contribution in [-0.2, 0) is 6.42 Å². The van der Waals surface area contributed by atoms with Gasteiger partial charge in [-0.15, -0.1) is 0 Å². The summed E-state index contributed by atoms with van der Waals surface area (Å²) >= 11 is 1.44. The Balaban J connectivity index is 1.51. The first-order chi connectivity index (χ1) is 12.5. The number of furan rings is 1. The van der Waals surface area contributed by atoms with Crippen LogP contribution in [0.4, 0.5) is 5.13 Å². The first-order valence-electron chi connectivity index (χ1n) is 8.19. The van der Waals surface area contributed by atoms with Crippen LogP contribution in [0, 0.1) is 20.8 Å². The molecule has 0 bridgehead atoms. The van der Waals surface area contributed by atoms with Crippen molar-refractivity contribution in [2.75, 3.05) is 5.32 Å². The number of nitrogens with one attached hydrogen (secondary N) is 1. The fraction of sp³-hybridized carbons (Fsp3) is 0.211. The molecule has 0 saturated carbocycles. The van der Waals surface area contributed by atoms with Crippen LogP contribution in [0.3, 0.4) is 0 Å². The minimum Gasteiger partial charge on any atom is -0.456 e. The lowest BCUT2D eigenvalue weighted by atomic mass is 10.1. The highest BCUT2D eigenvalue weighted by Gasteiger charge is 2.16.